The highest BCUT2D eigenvalue weighted by Gasteiger charge is 2.17. The van der Waals surface area contributed by atoms with Crippen molar-refractivity contribution in [2.45, 2.75) is 0 Å². The van der Waals surface area contributed by atoms with Crippen LogP contribution in [0.5, 0.6) is 0 Å². The Morgan fingerprint density at radius 2 is 1.37 bits per heavy atom. The van der Waals surface area contributed by atoms with E-state index in [4.69, 9.17) is 12.3 Å². The summed E-state index contributed by atoms with van der Waals surface area (Å²) in [6.45, 7) is 0. The van der Waals surface area contributed by atoms with Crippen LogP contribution in [0.4, 0.5) is 0 Å². The molecule has 3 heteroatoms. The van der Waals surface area contributed by atoms with Crippen LogP contribution < -0.4 is 5.46 Å². The average molecular weight is 343 g/mol. The molecular formula is C24H14BNO. The third-order valence-electron chi connectivity index (χ3n) is 5.33. The van der Waals surface area contributed by atoms with Gasteiger partial charge in [0.2, 0.25) is 0 Å². The molecule has 0 amide bonds. The van der Waals surface area contributed by atoms with Crippen molar-refractivity contribution in [3.8, 4) is 5.69 Å². The van der Waals surface area contributed by atoms with Gasteiger partial charge in [0.25, 0.3) is 0 Å². The molecule has 0 aliphatic carbocycles. The van der Waals surface area contributed by atoms with E-state index in [1.807, 2.05) is 24.3 Å². The van der Waals surface area contributed by atoms with Gasteiger partial charge in [-0.2, -0.15) is 0 Å². The Kier molecular flexibility index (Phi) is 2.87. The molecule has 4 aromatic carbocycles. The van der Waals surface area contributed by atoms with E-state index in [0.717, 1.165) is 49.5 Å². The molecule has 0 fully saturated rings. The Morgan fingerprint density at radius 1 is 0.630 bits per heavy atom. The standard InChI is InChI=1S/C24H14BNO/c25-15-9-11-16(12-10-15)26-20-7-3-1-6-19(20)23-21(26)14-13-18-17-5-2-4-8-22(17)27-24(18)23/h1-14H. The largest absolute Gasteiger partial charge is 0.455 e. The molecule has 6 aromatic rings. The van der Waals surface area contributed by atoms with E-state index >= 15 is 0 Å². The molecule has 0 aliphatic heterocycles. The second-order valence-corrected chi connectivity index (χ2v) is 6.88. The molecule has 0 aliphatic rings. The first-order chi connectivity index (χ1) is 13.3. The summed E-state index contributed by atoms with van der Waals surface area (Å²) >= 11 is 0. The lowest BCUT2D eigenvalue weighted by Crippen LogP contribution is -2.02. The highest BCUT2D eigenvalue weighted by Crippen LogP contribution is 2.40. The van der Waals surface area contributed by atoms with Crippen LogP contribution in [0.2, 0.25) is 0 Å². The SMILES string of the molecule is [B]c1ccc(-n2c3ccccc3c3c4oc5ccccc5c4ccc32)cc1. The summed E-state index contributed by atoms with van der Waals surface area (Å²) < 4.78 is 8.58. The van der Waals surface area contributed by atoms with Crippen LogP contribution in [0, 0.1) is 0 Å². The fourth-order valence-corrected chi connectivity index (χ4v) is 4.14. The summed E-state index contributed by atoms with van der Waals surface area (Å²) in [4.78, 5) is 0. The van der Waals surface area contributed by atoms with Gasteiger partial charge < -0.3 is 8.98 Å². The van der Waals surface area contributed by atoms with Crippen LogP contribution in [-0.4, -0.2) is 12.4 Å². The zero-order chi connectivity index (χ0) is 18.0. The van der Waals surface area contributed by atoms with E-state index in [2.05, 4.69) is 65.2 Å². The number of furan rings is 1. The van der Waals surface area contributed by atoms with Crippen molar-refractivity contribution >= 4 is 57.1 Å². The summed E-state index contributed by atoms with van der Waals surface area (Å²) in [5, 5.41) is 4.64. The fraction of sp³-hybridized carbons (Fsp3) is 0. The van der Waals surface area contributed by atoms with Gasteiger partial charge in [0.1, 0.15) is 19.0 Å². The van der Waals surface area contributed by atoms with Gasteiger partial charge in [-0.15, -0.1) is 0 Å². The van der Waals surface area contributed by atoms with Gasteiger partial charge >= 0.3 is 0 Å². The maximum absolute atomic E-state index is 6.31. The van der Waals surface area contributed by atoms with Gasteiger partial charge in [-0.1, -0.05) is 54.0 Å². The minimum Gasteiger partial charge on any atom is -0.455 e. The van der Waals surface area contributed by atoms with Crippen molar-refractivity contribution in [1.82, 2.24) is 4.57 Å². The number of para-hydroxylation sites is 2. The van der Waals surface area contributed by atoms with Gasteiger partial charge in [-0.25, -0.2) is 0 Å². The highest BCUT2D eigenvalue weighted by atomic mass is 16.3. The molecule has 2 radical (unpaired) electrons. The molecule has 0 atom stereocenters. The van der Waals surface area contributed by atoms with Gasteiger partial charge in [0.05, 0.1) is 16.4 Å². The molecular weight excluding hydrogens is 329 g/mol. The monoisotopic (exact) mass is 343 g/mol. The summed E-state index contributed by atoms with van der Waals surface area (Å²) in [6, 6.07) is 29.0. The third-order valence-corrected chi connectivity index (χ3v) is 5.33. The first kappa shape index (κ1) is 14.7. The number of hydrogen-bond donors (Lipinski definition) is 0. The van der Waals surface area contributed by atoms with Gasteiger partial charge in [0.15, 0.2) is 0 Å². The lowest BCUT2D eigenvalue weighted by atomic mass is 9.96. The lowest BCUT2D eigenvalue weighted by Gasteiger charge is -2.08. The second-order valence-electron chi connectivity index (χ2n) is 6.88. The van der Waals surface area contributed by atoms with Crippen molar-refractivity contribution in [3.05, 3.63) is 84.9 Å². The Morgan fingerprint density at radius 3 is 2.22 bits per heavy atom. The topological polar surface area (TPSA) is 18.1 Å². The van der Waals surface area contributed by atoms with E-state index in [9.17, 15) is 0 Å². The molecule has 0 saturated heterocycles. The minimum atomic E-state index is 0.763. The van der Waals surface area contributed by atoms with Crippen molar-refractivity contribution < 1.29 is 4.42 Å². The van der Waals surface area contributed by atoms with Crippen LogP contribution in [0.15, 0.2) is 89.3 Å². The molecule has 0 N–H and O–H groups in total. The van der Waals surface area contributed by atoms with Crippen LogP contribution in [-0.2, 0) is 0 Å². The van der Waals surface area contributed by atoms with E-state index in [1.54, 1.807) is 0 Å². The third kappa shape index (κ3) is 1.97. The van der Waals surface area contributed by atoms with Crippen LogP contribution in [0.1, 0.15) is 0 Å². The summed E-state index contributed by atoms with van der Waals surface area (Å²) in [7, 11) is 5.90. The number of benzene rings is 4. The smallest absolute Gasteiger partial charge is 0.145 e. The molecule has 124 valence electrons. The first-order valence-corrected chi connectivity index (χ1v) is 9.00. The summed E-state index contributed by atoms with van der Waals surface area (Å²) in [5.74, 6) is 0. The van der Waals surface area contributed by atoms with Crippen molar-refractivity contribution in [3.63, 3.8) is 0 Å². The lowest BCUT2D eigenvalue weighted by molar-refractivity contribution is 0.673. The predicted octanol–water partition coefficient (Wildman–Crippen LogP) is 5.48. The van der Waals surface area contributed by atoms with E-state index in [1.165, 1.54) is 5.39 Å². The minimum absolute atomic E-state index is 0.763. The zero-order valence-corrected chi connectivity index (χ0v) is 14.5. The second kappa shape index (κ2) is 5.27. The molecule has 2 nitrogen and oxygen atoms in total. The molecule has 6 rings (SSSR count). The van der Waals surface area contributed by atoms with E-state index in [0.29, 0.717) is 0 Å². The zero-order valence-electron chi connectivity index (χ0n) is 14.5. The number of fused-ring (bicyclic) bond motifs is 7. The van der Waals surface area contributed by atoms with Crippen LogP contribution in [0.25, 0.3) is 49.4 Å². The number of aromatic nitrogens is 1. The quantitative estimate of drug-likeness (QED) is 0.362. The maximum Gasteiger partial charge on any atom is 0.145 e. The van der Waals surface area contributed by atoms with Crippen LogP contribution >= 0.6 is 0 Å². The molecule has 2 heterocycles. The van der Waals surface area contributed by atoms with Crippen molar-refractivity contribution in [1.29, 1.82) is 0 Å². The van der Waals surface area contributed by atoms with Crippen LogP contribution in [0.3, 0.4) is 0 Å². The molecule has 2 aromatic heterocycles. The Bertz CT molecular complexity index is 1470. The Labute approximate surface area is 157 Å². The van der Waals surface area contributed by atoms with Crippen molar-refractivity contribution in [2.24, 2.45) is 0 Å². The summed E-state index contributed by atoms with van der Waals surface area (Å²) in [6.07, 6.45) is 0. The highest BCUT2D eigenvalue weighted by molar-refractivity contribution is 6.32. The Balaban J connectivity index is 1.85. The first-order valence-electron chi connectivity index (χ1n) is 9.00. The maximum atomic E-state index is 6.31. The predicted molar refractivity (Wildman–Crippen MR) is 113 cm³/mol. The average Bonchev–Trinajstić information content (AvgIpc) is 3.24. The Hall–Kier alpha value is -3.46. The fourth-order valence-electron chi connectivity index (χ4n) is 4.14. The van der Waals surface area contributed by atoms with Gasteiger partial charge in [-0.05, 0) is 36.4 Å². The van der Waals surface area contributed by atoms with Crippen molar-refractivity contribution in [2.75, 3.05) is 0 Å². The number of rotatable bonds is 1. The number of hydrogen-bond acceptors (Lipinski definition) is 1. The van der Waals surface area contributed by atoms with Gasteiger partial charge in [0, 0.05) is 21.8 Å². The molecule has 0 bridgehead atoms. The molecule has 27 heavy (non-hydrogen) atoms. The normalized spacial score (nSPS) is 11.9. The van der Waals surface area contributed by atoms with Gasteiger partial charge in [-0.3, -0.25) is 0 Å². The molecule has 0 saturated carbocycles. The summed E-state index contributed by atoms with van der Waals surface area (Å²) in [5.41, 5.74) is 6.01. The van der Waals surface area contributed by atoms with E-state index < -0.39 is 0 Å². The van der Waals surface area contributed by atoms with E-state index in [-0.39, 0.29) is 0 Å². The number of nitrogens with zero attached hydrogens (tertiary/aromatic N) is 1. The molecule has 0 spiro atoms. The molecule has 0 unspecified atom stereocenters.